The number of aryl methyl sites for hydroxylation is 2. The molecule has 0 bridgehead atoms. The molecule has 2 amide bonds. The number of aromatic nitrogens is 1. The van der Waals surface area contributed by atoms with Crippen LogP contribution in [-0.2, 0) is 16.0 Å². The summed E-state index contributed by atoms with van der Waals surface area (Å²) in [6.07, 6.45) is 0.130. The van der Waals surface area contributed by atoms with Gasteiger partial charge in [-0.3, -0.25) is 9.59 Å². The van der Waals surface area contributed by atoms with Gasteiger partial charge in [-0.2, -0.15) is 0 Å². The van der Waals surface area contributed by atoms with Crippen LogP contribution in [0.15, 0.2) is 28.8 Å². The number of likely N-dealkylation sites (N-methyl/N-ethyl adjacent to an activating group) is 1. The number of ether oxygens (including phenoxy) is 1. The van der Waals surface area contributed by atoms with E-state index in [4.69, 9.17) is 9.26 Å². The third kappa shape index (κ3) is 3.35. The molecule has 0 unspecified atom stereocenters. The number of amides is 2. The summed E-state index contributed by atoms with van der Waals surface area (Å²) in [5.41, 5.74) is 2.44. The molecular weight excluding hydrogens is 322 g/mol. The summed E-state index contributed by atoms with van der Waals surface area (Å²) < 4.78 is 10.9. The Morgan fingerprint density at radius 3 is 2.76 bits per heavy atom. The maximum Gasteiger partial charge on any atom is 0.262 e. The number of hydrogen-bond donors (Lipinski definition) is 1. The maximum absolute atomic E-state index is 12.8. The fourth-order valence-corrected chi connectivity index (χ4v) is 2.99. The Labute approximate surface area is 145 Å². The maximum atomic E-state index is 12.8. The molecule has 25 heavy (non-hydrogen) atoms. The Hall–Kier alpha value is -2.83. The molecule has 0 radical (unpaired) electrons. The molecule has 1 N–H and O–H groups in total. The lowest BCUT2D eigenvalue weighted by molar-refractivity contribution is -0.127. The van der Waals surface area contributed by atoms with E-state index in [9.17, 15) is 9.59 Å². The number of anilines is 1. The summed E-state index contributed by atoms with van der Waals surface area (Å²) in [6.45, 7) is 3.89. The zero-order valence-electron chi connectivity index (χ0n) is 14.5. The second-order valence-electron chi connectivity index (χ2n) is 6.00. The van der Waals surface area contributed by atoms with Crippen LogP contribution >= 0.6 is 0 Å². The molecule has 3 rings (SSSR count). The quantitative estimate of drug-likeness (QED) is 0.914. The SMILES string of the molecule is CNC(=O)[C@@H]1CN(C(=O)CCc2c(C)noc2C)c2ccccc2O1. The molecule has 1 aliphatic rings. The highest BCUT2D eigenvalue weighted by Crippen LogP contribution is 2.33. The number of hydrogen-bond acceptors (Lipinski definition) is 5. The normalized spacial score (nSPS) is 16.1. The van der Waals surface area contributed by atoms with Crippen LogP contribution in [0.3, 0.4) is 0 Å². The fourth-order valence-electron chi connectivity index (χ4n) is 2.99. The van der Waals surface area contributed by atoms with Gasteiger partial charge in [0, 0.05) is 19.0 Å². The Balaban J connectivity index is 1.79. The van der Waals surface area contributed by atoms with E-state index in [1.54, 1.807) is 18.0 Å². The number of carbonyl (C=O) groups is 2. The van der Waals surface area contributed by atoms with Crippen LogP contribution in [-0.4, -0.2) is 36.7 Å². The Kier molecular flexibility index (Phi) is 4.74. The van der Waals surface area contributed by atoms with Gasteiger partial charge in [-0.15, -0.1) is 0 Å². The first-order valence-corrected chi connectivity index (χ1v) is 8.20. The second kappa shape index (κ2) is 6.96. The molecule has 0 fully saturated rings. The average molecular weight is 343 g/mol. The van der Waals surface area contributed by atoms with E-state index < -0.39 is 6.10 Å². The largest absolute Gasteiger partial charge is 0.477 e. The lowest BCUT2D eigenvalue weighted by atomic mass is 10.1. The Morgan fingerprint density at radius 1 is 1.32 bits per heavy atom. The molecule has 2 aromatic rings. The molecule has 0 saturated heterocycles. The van der Waals surface area contributed by atoms with Crippen molar-refractivity contribution in [3.05, 3.63) is 41.3 Å². The van der Waals surface area contributed by atoms with Crippen LogP contribution in [0.4, 0.5) is 5.69 Å². The van der Waals surface area contributed by atoms with Crippen molar-refractivity contribution in [2.75, 3.05) is 18.5 Å². The predicted octanol–water partition coefficient (Wildman–Crippen LogP) is 1.76. The average Bonchev–Trinajstić information content (AvgIpc) is 2.95. The lowest BCUT2D eigenvalue weighted by Gasteiger charge is -2.34. The van der Waals surface area contributed by atoms with Crippen molar-refractivity contribution >= 4 is 17.5 Å². The topological polar surface area (TPSA) is 84.7 Å². The standard InChI is InChI=1S/C18H21N3O4/c1-11-13(12(2)25-20-11)8-9-17(22)21-10-16(18(23)19-3)24-15-7-5-4-6-14(15)21/h4-7,16H,8-10H2,1-3H3,(H,19,23)/t16-/m0/s1. The minimum absolute atomic E-state index is 0.0651. The molecule has 0 spiro atoms. The molecule has 7 heteroatoms. The van der Waals surface area contributed by atoms with Gasteiger partial charge in [-0.1, -0.05) is 17.3 Å². The predicted molar refractivity (Wildman–Crippen MR) is 91.6 cm³/mol. The summed E-state index contributed by atoms with van der Waals surface area (Å²) in [4.78, 5) is 26.4. The number of para-hydroxylation sites is 2. The molecule has 1 aliphatic heterocycles. The number of rotatable bonds is 4. The van der Waals surface area contributed by atoms with Gasteiger partial charge in [0.15, 0.2) is 6.10 Å². The first kappa shape index (κ1) is 17.0. The van der Waals surface area contributed by atoms with Crippen molar-refractivity contribution in [2.45, 2.75) is 32.8 Å². The van der Waals surface area contributed by atoms with Crippen molar-refractivity contribution in [1.82, 2.24) is 10.5 Å². The molecule has 1 atom stereocenters. The van der Waals surface area contributed by atoms with E-state index in [0.717, 1.165) is 17.0 Å². The van der Waals surface area contributed by atoms with Gasteiger partial charge in [0.25, 0.3) is 5.91 Å². The third-order valence-electron chi connectivity index (χ3n) is 4.38. The minimum atomic E-state index is -0.720. The summed E-state index contributed by atoms with van der Waals surface area (Å²) in [6, 6.07) is 7.25. The fraction of sp³-hybridized carbons (Fsp3) is 0.389. The molecule has 0 saturated carbocycles. The molecule has 0 aliphatic carbocycles. The molecule has 1 aromatic heterocycles. The van der Waals surface area contributed by atoms with Gasteiger partial charge in [0.2, 0.25) is 5.91 Å². The summed E-state index contributed by atoms with van der Waals surface area (Å²) in [5.74, 6) is 0.951. The highest BCUT2D eigenvalue weighted by molar-refractivity contribution is 5.97. The van der Waals surface area contributed by atoms with E-state index in [0.29, 0.717) is 24.3 Å². The monoisotopic (exact) mass is 343 g/mol. The number of nitrogens with one attached hydrogen (secondary N) is 1. The van der Waals surface area contributed by atoms with Gasteiger partial charge in [0.05, 0.1) is 17.9 Å². The van der Waals surface area contributed by atoms with Gasteiger partial charge in [0.1, 0.15) is 11.5 Å². The second-order valence-corrected chi connectivity index (χ2v) is 6.00. The molecule has 1 aromatic carbocycles. The van der Waals surface area contributed by atoms with E-state index in [2.05, 4.69) is 10.5 Å². The van der Waals surface area contributed by atoms with E-state index >= 15 is 0 Å². The van der Waals surface area contributed by atoms with Crippen LogP contribution in [0.2, 0.25) is 0 Å². The molecular formula is C18H21N3O4. The van der Waals surface area contributed by atoms with Crippen molar-refractivity contribution in [3.63, 3.8) is 0 Å². The molecule has 132 valence electrons. The first-order valence-electron chi connectivity index (χ1n) is 8.20. The summed E-state index contributed by atoms with van der Waals surface area (Å²) in [5, 5.41) is 6.49. The van der Waals surface area contributed by atoms with Crippen LogP contribution in [0.5, 0.6) is 5.75 Å². The summed E-state index contributed by atoms with van der Waals surface area (Å²) in [7, 11) is 1.55. The van der Waals surface area contributed by atoms with E-state index in [1.807, 2.05) is 32.0 Å². The van der Waals surface area contributed by atoms with E-state index in [-0.39, 0.29) is 18.4 Å². The minimum Gasteiger partial charge on any atom is -0.477 e. The van der Waals surface area contributed by atoms with Crippen molar-refractivity contribution < 1.29 is 18.8 Å². The van der Waals surface area contributed by atoms with Crippen molar-refractivity contribution in [2.24, 2.45) is 0 Å². The van der Waals surface area contributed by atoms with Gasteiger partial charge >= 0.3 is 0 Å². The van der Waals surface area contributed by atoms with Gasteiger partial charge in [-0.25, -0.2) is 0 Å². The van der Waals surface area contributed by atoms with Crippen molar-refractivity contribution in [1.29, 1.82) is 0 Å². The molecule has 7 nitrogen and oxygen atoms in total. The molecule has 2 heterocycles. The Bertz CT molecular complexity index is 780. The summed E-state index contributed by atoms with van der Waals surface area (Å²) >= 11 is 0. The van der Waals surface area contributed by atoms with Crippen molar-refractivity contribution in [3.8, 4) is 5.75 Å². The smallest absolute Gasteiger partial charge is 0.262 e. The highest BCUT2D eigenvalue weighted by Gasteiger charge is 2.33. The highest BCUT2D eigenvalue weighted by atomic mass is 16.5. The number of carbonyl (C=O) groups excluding carboxylic acids is 2. The Morgan fingerprint density at radius 2 is 2.08 bits per heavy atom. The lowest BCUT2D eigenvalue weighted by Crippen LogP contribution is -2.50. The number of benzene rings is 1. The number of fused-ring (bicyclic) bond motifs is 1. The number of nitrogens with zero attached hydrogens (tertiary/aromatic N) is 2. The van der Waals surface area contributed by atoms with Crippen LogP contribution in [0, 0.1) is 13.8 Å². The van der Waals surface area contributed by atoms with Gasteiger partial charge in [-0.05, 0) is 32.4 Å². The third-order valence-corrected chi connectivity index (χ3v) is 4.38. The van der Waals surface area contributed by atoms with Crippen LogP contribution < -0.4 is 15.0 Å². The van der Waals surface area contributed by atoms with Crippen LogP contribution in [0.25, 0.3) is 0 Å². The van der Waals surface area contributed by atoms with E-state index in [1.165, 1.54) is 0 Å². The first-order chi connectivity index (χ1) is 12.0. The van der Waals surface area contributed by atoms with Gasteiger partial charge < -0.3 is 19.5 Å². The zero-order chi connectivity index (χ0) is 18.0. The zero-order valence-corrected chi connectivity index (χ0v) is 14.5. The van der Waals surface area contributed by atoms with Crippen LogP contribution in [0.1, 0.15) is 23.4 Å².